The molecule has 0 radical (unpaired) electrons. The molecule has 0 aliphatic carbocycles. The molecule has 1 rings (SSSR count). The second-order valence-corrected chi connectivity index (χ2v) is 4.95. The average Bonchev–Trinajstić information content (AvgIpc) is 2.33. The van der Waals surface area contributed by atoms with Gasteiger partial charge in [0, 0.05) is 12.1 Å². The van der Waals surface area contributed by atoms with E-state index in [1.807, 2.05) is 13.8 Å². The maximum Gasteiger partial charge on any atom is 0.422 e. The Labute approximate surface area is 119 Å². The molecule has 0 heterocycles. The lowest BCUT2D eigenvalue weighted by molar-refractivity contribution is -0.153. The molecule has 0 saturated heterocycles. The average molecular weight is 340 g/mol. The smallest absolute Gasteiger partial charge is 0.422 e. The highest BCUT2D eigenvalue weighted by atomic mass is 79.9. The summed E-state index contributed by atoms with van der Waals surface area (Å²) in [5.74, 6) is 0.270. The summed E-state index contributed by atoms with van der Waals surface area (Å²) >= 11 is 3.24. The number of halogens is 4. The van der Waals surface area contributed by atoms with Crippen LogP contribution in [0, 0.1) is 0 Å². The number of rotatable bonds is 6. The van der Waals surface area contributed by atoms with Gasteiger partial charge in [0.25, 0.3) is 0 Å². The quantitative estimate of drug-likeness (QED) is 0.768. The van der Waals surface area contributed by atoms with Gasteiger partial charge in [-0.15, -0.1) is 0 Å². The first-order valence-corrected chi connectivity index (χ1v) is 6.86. The zero-order valence-electron chi connectivity index (χ0n) is 10.9. The molecule has 0 aliphatic heterocycles. The van der Waals surface area contributed by atoms with Gasteiger partial charge in [-0.3, -0.25) is 4.90 Å². The molecule has 6 heteroatoms. The zero-order chi connectivity index (χ0) is 14.5. The minimum absolute atomic E-state index is 0.270. The van der Waals surface area contributed by atoms with Gasteiger partial charge in [0.15, 0.2) is 6.61 Å². The number of para-hydroxylation sites is 1. The molecule has 0 aromatic heterocycles. The molecule has 0 saturated carbocycles. The maximum atomic E-state index is 12.2. The van der Waals surface area contributed by atoms with Crippen LogP contribution in [0.1, 0.15) is 19.4 Å². The van der Waals surface area contributed by atoms with Gasteiger partial charge >= 0.3 is 6.18 Å². The van der Waals surface area contributed by atoms with Crippen LogP contribution in [0.15, 0.2) is 22.7 Å². The Morgan fingerprint density at radius 1 is 1.21 bits per heavy atom. The van der Waals surface area contributed by atoms with Crippen LogP contribution in [0.3, 0.4) is 0 Å². The van der Waals surface area contributed by atoms with Crippen molar-refractivity contribution in [3.05, 3.63) is 28.2 Å². The Balaban J connectivity index is 2.88. The fourth-order valence-corrected chi connectivity index (χ4v) is 2.20. The predicted molar refractivity (Wildman–Crippen MR) is 72.3 cm³/mol. The highest BCUT2D eigenvalue weighted by Gasteiger charge is 2.29. The summed E-state index contributed by atoms with van der Waals surface area (Å²) in [5, 5.41) is 0. The van der Waals surface area contributed by atoms with E-state index >= 15 is 0 Å². The molecule has 1 aromatic carbocycles. The molecule has 1 aromatic rings. The van der Waals surface area contributed by atoms with E-state index in [4.69, 9.17) is 4.74 Å². The van der Waals surface area contributed by atoms with Crippen molar-refractivity contribution >= 4 is 15.9 Å². The van der Waals surface area contributed by atoms with E-state index in [1.165, 1.54) is 0 Å². The maximum absolute atomic E-state index is 12.2. The molecular weight excluding hydrogens is 323 g/mol. The van der Waals surface area contributed by atoms with Gasteiger partial charge in [0.2, 0.25) is 0 Å². The largest absolute Gasteiger partial charge is 0.483 e. The van der Waals surface area contributed by atoms with Crippen LogP contribution in [-0.2, 0) is 6.54 Å². The number of hydrogen-bond acceptors (Lipinski definition) is 2. The van der Waals surface area contributed by atoms with Crippen LogP contribution in [0.5, 0.6) is 5.75 Å². The van der Waals surface area contributed by atoms with Gasteiger partial charge < -0.3 is 4.74 Å². The molecule has 2 nitrogen and oxygen atoms in total. The van der Waals surface area contributed by atoms with Crippen LogP contribution in [0.25, 0.3) is 0 Å². The molecule has 0 aliphatic rings. The van der Waals surface area contributed by atoms with Crippen molar-refractivity contribution in [3.8, 4) is 5.75 Å². The van der Waals surface area contributed by atoms with Crippen molar-refractivity contribution in [2.24, 2.45) is 0 Å². The Morgan fingerprint density at radius 2 is 1.84 bits per heavy atom. The molecule has 0 amide bonds. The van der Waals surface area contributed by atoms with Crippen molar-refractivity contribution in [2.45, 2.75) is 26.6 Å². The molecular formula is C13H17BrF3NO. The Hall–Kier alpha value is -0.750. The second-order valence-electron chi connectivity index (χ2n) is 4.09. The summed E-state index contributed by atoms with van der Waals surface area (Å²) < 4.78 is 42.2. The third kappa shape index (κ3) is 5.40. The van der Waals surface area contributed by atoms with Gasteiger partial charge in [-0.1, -0.05) is 26.0 Å². The lowest BCUT2D eigenvalue weighted by atomic mass is 10.2. The summed E-state index contributed by atoms with van der Waals surface area (Å²) in [6.07, 6.45) is -4.33. The van der Waals surface area contributed by atoms with E-state index in [0.717, 1.165) is 18.7 Å². The van der Waals surface area contributed by atoms with Crippen LogP contribution in [0.2, 0.25) is 0 Å². The van der Waals surface area contributed by atoms with E-state index in [2.05, 4.69) is 20.8 Å². The van der Waals surface area contributed by atoms with E-state index in [0.29, 0.717) is 11.0 Å². The fraction of sp³-hybridized carbons (Fsp3) is 0.538. The van der Waals surface area contributed by atoms with Crippen LogP contribution in [-0.4, -0.2) is 30.8 Å². The van der Waals surface area contributed by atoms with Crippen molar-refractivity contribution in [2.75, 3.05) is 19.7 Å². The Kier molecular flexibility index (Phi) is 6.13. The summed E-state index contributed by atoms with van der Waals surface area (Å²) in [5.41, 5.74) is 0.752. The SMILES string of the molecule is CCN(CC)Cc1cccc(Br)c1OCC(F)(F)F. The van der Waals surface area contributed by atoms with Crippen LogP contribution < -0.4 is 4.74 Å². The van der Waals surface area contributed by atoms with Crippen molar-refractivity contribution < 1.29 is 17.9 Å². The molecule has 19 heavy (non-hydrogen) atoms. The van der Waals surface area contributed by atoms with Gasteiger partial charge in [0.05, 0.1) is 4.47 Å². The highest BCUT2D eigenvalue weighted by molar-refractivity contribution is 9.10. The third-order valence-electron chi connectivity index (χ3n) is 2.72. The number of nitrogens with zero attached hydrogens (tertiary/aromatic N) is 1. The van der Waals surface area contributed by atoms with Gasteiger partial charge in [-0.05, 0) is 35.1 Å². The first-order valence-electron chi connectivity index (χ1n) is 6.06. The van der Waals surface area contributed by atoms with Crippen molar-refractivity contribution in [1.29, 1.82) is 0 Å². The number of ether oxygens (including phenoxy) is 1. The van der Waals surface area contributed by atoms with E-state index in [-0.39, 0.29) is 5.75 Å². The Bertz CT molecular complexity index is 405. The van der Waals surface area contributed by atoms with Gasteiger partial charge in [-0.2, -0.15) is 13.2 Å². The topological polar surface area (TPSA) is 12.5 Å². The minimum Gasteiger partial charge on any atom is -0.483 e. The van der Waals surface area contributed by atoms with E-state index in [1.54, 1.807) is 18.2 Å². The molecule has 0 N–H and O–H groups in total. The van der Waals surface area contributed by atoms with E-state index < -0.39 is 12.8 Å². The molecule has 0 bridgehead atoms. The van der Waals surface area contributed by atoms with Crippen LogP contribution in [0.4, 0.5) is 13.2 Å². The first kappa shape index (κ1) is 16.3. The summed E-state index contributed by atoms with van der Waals surface area (Å²) in [6, 6.07) is 5.26. The number of benzene rings is 1. The predicted octanol–water partition coefficient (Wildman–Crippen LogP) is 4.23. The van der Waals surface area contributed by atoms with Crippen molar-refractivity contribution in [3.63, 3.8) is 0 Å². The highest BCUT2D eigenvalue weighted by Crippen LogP contribution is 2.31. The van der Waals surface area contributed by atoms with Gasteiger partial charge in [0.1, 0.15) is 5.75 Å². The van der Waals surface area contributed by atoms with E-state index in [9.17, 15) is 13.2 Å². The van der Waals surface area contributed by atoms with Crippen molar-refractivity contribution in [1.82, 2.24) is 4.90 Å². The standard InChI is InChI=1S/C13H17BrF3NO/c1-3-18(4-2)8-10-6-5-7-11(14)12(10)19-9-13(15,16)17/h5-7H,3-4,8-9H2,1-2H3. The molecule has 108 valence electrons. The minimum atomic E-state index is -4.33. The summed E-state index contributed by atoms with van der Waals surface area (Å²) in [4.78, 5) is 2.11. The fourth-order valence-electron chi connectivity index (χ4n) is 1.68. The summed E-state index contributed by atoms with van der Waals surface area (Å²) in [6.45, 7) is 4.99. The molecule has 0 spiro atoms. The molecule has 0 atom stereocenters. The van der Waals surface area contributed by atoms with Crippen LogP contribution >= 0.6 is 15.9 Å². The first-order chi connectivity index (χ1) is 8.87. The molecule has 0 fully saturated rings. The number of hydrogen-bond donors (Lipinski definition) is 0. The number of alkyl halides is 3. The monoisotopic (exact) mass is 339 g/mol. The lowest BCUT2D eigenvalue weighted by Crippen LogP contribution is -2.24. The van der Waals surface area contributed by atoms with Gasteiger partial charge in [-0.25, -0.2) is 0 Å². The second kappa shape index (κ2) is 7.14. The summed E-state index contributed by atoms with van der Waals surface area (Å²) in [7, 11) is 0. The zero-order valence-corrected chi connectivity index (χ0v) is 12.5. The third-order valence-corrected chi connectivity index (χ3v) is 3.34. The molecule has 0 unspecified atom stereocenters. The Morgan fingerprint density at radius 3 is 2.37 bits per heavy atom. The lowest BCUT2D eigenvalue weighted by Gasteiger charge is -2.21. The normalized spacial score (nSPS) is 11.9.